The Morgan fingerprint density at radius 1 is 1.46 bits per heavy atom. The zero-order valence-electron chi connectivity index (χ0n) is 13.7. The normalized spacial score (nSPS) is 20.7. The minimum absolute atomic E-state index is 0.0879. The Labute approximate surface area is 140 Å². The van der Waals surface area contributed by atoms with Crippen molar-refractivity contribution in [3.05, 3.63) is 24.0 Å². The van der Waals surface area contributed by atoms with Crippen LogP contribution in [0.2, 0.25) is 0 Å². The number of aromatic amines is 1. The van der Waals surface area contributed by atoms with Crippen LogP contribution in [0.15, 0.2) is 18.5 Å². The summed E-state index contributed by atoms with van der Waals surface area (Å²) < 4.78 is 5.14. The lowest BCUT2D eigenvalue weighted by molar-refractivity contribution is -0.122. The quantitative estimate of drug-likeness (QED) is 0.728. The van der Waals surface area contributed by atoms with Crippen molar-refractivity contribution in [3.8, 4) is 0 Å². The van der Waals surface area contributed by atoms with Gasteiger partial charge in [0.25, 0.3) is 0 Å². The predicted octanol–water partition coefficient (Wildman–Crippen LogP) is 2.20. The van der Waals surface area contributed by atoms with E-state index in [0.717, 1.165) is 24.6 Å². The average molecular weight is 330 g/mol. The highest BCUT2D eigenvalue weighted by atomic mass is 16.5. The fourth-order valence-corrected chi connectivity index (χ4v) is 3.31. The summed E-state index contributed by atoms with van der Waals surface area (Å²) in [4.78, 5) is 31.1. The zero-order chi connectivity index (χ0) is 17.1. The summed E-state index contributed by atoms with van der Waals surface area (Å²) in [5.74, 6) is -0.780. The minimum Gasteiger partial charge on any atom is -0.462 e. The van der Waals surface area contributed by atoms with Gasteiger partial charge in [-0.3, -0.25) is 4.79 Å². The number of primary amides is 1. The van der Waals surface area contributed by atoms with Crippen LogP contribution >= 0.6 is 0 Å². The maximum Gasteiger partial charge on any atom is 0.341 e. The highest BCUT2D eigenvalue weighted by molar-refractivity contribution is 6.04. The van der Waals surface area contributed by atoms with Gasteiger partial charge in [-0.05, 0) is 32.3 Å². The molecule has 7 nitrogen and oxygen atoms in total. The molecule has 2 unspecified atom stereocenters. The lowest BCUT2D eigenvalue weighted by Crippen LogP contribution is -2.34. The molecule has 7 heteroatoms. The van der Waals surface area contributed by atoms with Crippen LogP contribution in [0.3, 0.4) is 0 Å². The summed E-state index contributed by atoms with van der Waals surface area (Å²) in [6.45, 7) is 2.07. The molecule has 0 saturated heterocycles. The van der Waals surface area contributed by atoms with Gasteiger partial charge in [0.1, 0.15) is 11.2 Å². The van der Waals surface area contributed by atoms with Gasteiger partial charge in [-0.1, -0.05) is 6.42 Å². The summed E-state index contributed by atoms with van der Waals surface area (Å²) in [5, 5.41) is 4.27. The van der Waals surface area contributed by atoms with Crippen LogP contribution < -0.4 is 11.1 Å². The fraction of sp³-hybridized carbons (Fsp3) is 0.471. The Morgan fingerprint density at radius 2 is 2.29 bits per heavy atom. The molecule has 0 aliphatic heterocycles. The van der Waals surface area contributed by atoms with Crippen LogP contribution in [0.5, 0.6) is 0 Å². The van der Waals surface area contributed by atoms with Gasteiger partial charge >= 0.3 is 5.97 Å². The van der Waals surface area contributed by atoms with Crippen molar-refractivity contribution < 1.29 is 14.3 Å². The molecule has 2 aromatic heterocycles. The number of ether oxygens (including phenoxy) is 1. The standard InChI is InChI=1S/C17H22N4O3/c1-2-24-17(23)13-9-20-16-12(6-7-19-16)14(13)21-11-5-3-4-10(8-11)15(18)22/h6-7,9-11H,2-5,8H2,1H3,(H2,18,22)(H2,19,20,21). The molecule has 24 heavy (non-hydrogen) atoms. The number of H-pyrrole nitrogens is 1. The van der Waals surface area contributed by atoms with Gasteiger partial charge in [0, 0.05) is 29.7 Å². The number of hydrogen-bond donors (Lipinski definition) is 3. The molecule has 0 aromatic carbocycles. The smallest absolute Gasteiger partial charge is 0.341 e. The van der Waals surface area contributed by atoms with E-state index in [0.29, 0.717) is 29.9 Å². The second kappa shape index (κ2) is 6.90. The molecule has 1 fully saturated rings. The van der Waals surface area contributed by atoms with Crippen molar-refractivity contribution in [2.75, 3.05) is 11.9 Å². The van der Waals surface area contributed by atoms with E-state index in [1.165, 1.54) is 6.20 Å². The van der Waals surface area contributed by atoms with Crippen molar-refractivity contribution >= 4 is 28.6 Å². The van der Waals surface area contributed by atoms with Crippen molar-refractivity contribution in [1.82, 2.24) is 9.97 Å². The highest BCUT2D eigenvalue weighted by Gasteiger charge is 2.27. The SMILES string of the molecule is CCOC(=O)c1cnc2[nH]ccc2c1NC1CCCC(C(N)=O)C1. The fourth-order valence-electron chi connectivity index (χ4n) is 3.31. The topological polar surface area (TPSA) is 110 Å². The Morgan fingerprint density at radius 3 is 3.04 bits per heavy atom. The van der Waals surface area contributed by atoms with E-state index < -0.39 is 5.97 Å². The zero-order valence-corrected chi connectivity index (χ0v) is 13.7. The number of hydrogen-bond acceptors (Lipinski definition) is 5. The van der Waals surface area contributed by atoms with Crippen molar-refractivity contribution in [2.45, 2.75) is 38.6 Å². The van der Waals surface area contributed by atoms with Gasteiger partial charge in [-0.2, -0.15) is 0 Å². The van der Waals surface area contributed by atoms with E-state index in [1.54, 1.807) is 13.1 Å². The summed E-state index contributed by atoms with van der Waals surface area (Å²) in [6.07, 6.45) is 6.67. The molecule has 2 aromatic rings. The number of anilines is 1. The molecule has 3 rings (SSSR count). The first-order valence-electron chi connectivity index (χ1n) is 8.29. The molecule has 1 amide bonds. The number of carbonyl (C=O) groups is 2. The molecule has 4 N–H and O–H groups in total. The van der Waals surface area contributed by atoms with Gasteiger partial charge in [0.15, 0.2) is 0 Å². The van der Waals surface area contributed by atoms with Gasteiger partial charge in [-0.25, -0.2) is 9.78 Å². The Kier molecular flexibility index (Phi) is 4.69. The van der Waals surface area contributed by atoms with Crippen LogP contribution in [0.25, 0.3) is 11.0 Å². The van der Waals surface area contributed by atoms with Gasteiger partial charge in [0.05, 0.1) is 12.3 Å². The average Bonchev–Trinajstić information content (AvgIpc) is 3.04. The monoisotopic (exact) mass is 330 g/mol. The molecule has 2 heterocycles. The van der Waals surface area contributed by atoms with Crippen LogP contribution in [0.4, 0.5) is 5.69 Å². The molecule has 1 aliphatic rings. The largest absolute Gasteiger partial charge is 0.462 e. The third-order valence-electron chi connectivity index (χ3n) is 4.51. The van der Waals surface area contributed by atoms with Crippen LogP contribution in [-0.2, 0) is 9.53 Å². The Hall–Kier alpha value is -2.57. The first-order chi connectivity index (χ1) is 11.6. The van der Waals surface area contributed by atoms with Gasteiger partial charge < -0.3 is 20.8 Å². The van der Waals surface area contributed by atoms with Crippen LogP contribution in [0, 0.1) is 5.92 Å². The Bertz CT molecular complexity index is 755. The molecule has 2 atom stereocenters. The lowest BCUT2D eigenvalue weighted by atomic mass is 9.85. The molecule has 1 aliphatic carbocycles. The number of fused-ring (bicyclic) bond motifs is 1. The van der Waals surface area contributed by atoms with Crippen molar-refractivity contribution in [1.29, 1.82) is 0 Å². The first kappa shape index (κ1) is 16.3. The molecule has 0 spiro atoms. The number of nitrogens with two attached hydrogens (primary N) is 1. The van der Waals surface area contributed by atoms with Gasteiger partial charge in [-0.15, -0.1) is 0 Å². The van der Waals surface area contributed by atoms with Crippen molar-refractivity contribution in [3.63, 3.8) is 0 Å². The van der Waals surface area contributed by atoms with Crippen molar-refractivity contribution in [2.24, 2.45) is 11.7 Å². The predicted molar refractivity (Wildman–Crippen MR) is 90.6 cm³/mol. The number of carbonyl (C=O) groups excluding carboxylic acids is 2. The summed E-state index contributed by atoms with van der Waals surface area (Å²) >= 11 is 0. The molecule has 1 saturated carbocycles. The third-order valence-corrected chi connectivity index (χ3v) is 4.51. The van der Waals surface area contributed by atoms with Crippen LogP contribution in [0.1, 0.15) is 43.0 Å². The summed E-state index contributed by atoms with van der Waals surface area (Å²) in [5.41, 5.74) is 7.27. The molecular weight excluding hydrogens is 308 g/mol. The number of amides is 1. The molecule has 0 bridgehead atoms. The maximum atomic E-state index is 12.3. The van der Waals surface area contributed by atoms with E-state index in [9.17, 15) is 9.59 Å². The van der Waals surface area contributed by atoms with Crippen LogP contribution in [-0.4, -0.2) is 34.5 Å². The highest BCUT2D eigenvalue weighted by Crippen LogP contribution is 2.31. The van der Waals surface area contributed by atoms with E-state index in [4.69, 9.17) is 10.5 Å². The van der Waals surface area contributed by atoms with E-state index in [-0.39, 0.29) is 17.9 Å². The minimum atomic E-state index is -0.405. The summed E-state index contributed by atoms with van der Waals surface area (Å²) in [7, 11) is 0. The van der Waals surface area contributed by atoms with E-state index in [2.05, 4.69) is 15.3 Å². The summed E-state index contributed by atoms with van der Waals surface area (Å²) in [6, 6.07) is 1.96. The molecule has 0 radical (unpaired) electrons. The Balaban J connectivity index is 1.91. The second-order valence-electron chi connectivity index (χ2n) is 6.11. The third kappa shape index (κ3) is 3.20. The number of aromatic nitrogens is 2. The number of pyridine rings is 1. The van der Waals surface area contributed by atoms with Gasteiger partial charge in [0.2, 0.25) is 5.91 Å². The molecule has 128 valence electrons. The number of nitrogens with one attached hydrogen (secondary N) is 2. The number of esters is 1. The van der Waals surface area contributed by atoms with E-state index >= 15 is 0 Å². The first-order valence-corrected chi connectivity index (χ1v) is 8.29. The van der Waals surface area contributed by atoms with E-state index in [1.807, 2.05) is 6.07 Å². The molecular formula is C17H22N4O3. The number of rotatable bonds is 5. The lowest BCUT2D eigenvalue weighted by Gasteiger charge is -2.29. The second-order valence-corrected chi connectivity index (χ2v) is 6.11. The number of nitrogens with zero attached hydrogens (tertiary/aromatic N) is 1. The maximum absolute atomic E-state index is 12.3.